The summed E-state index contributed by atoms with van der Waals surface area (Å²) in [5.41, 5.74) is 0. The van der Waals surface area contributed by atoms with Crippen molar-refractivity contribution in [2.45, 2.75) is 270 Å². The highest BCUT2D eigenvalue weighted by molar-refractivity contribution is 5.76. The van der Waals surface area contributed by atoms with Crippen molar-refractivity contribution >= 4 is 5.91 Å². The van der Waals surface area contributed by atoms with Crippen molar-refractivity contribution in [1.82, 2.24) is 5.32 Å². The molecule has 0 aromatic heterocycles. The number of hydrogen-bond acceptors (Lipinski definition) is 3. The van der Waals surface area contributed by atoms with Crippen molar-refractivity contribution in [1.29, 1.82) is 0 Å². The number of nitrogens with one attached hydrogen (secondary N) is 1. The van der Waals surface area contributed by atoms with Crippen LogP contribution in [0.3, 0.4) is 0 Å². The topological polar surface area (TPSA) is 69.6 Å². The number of hydrogen-bond donors (Lipinski definition) is 3. The minimum Gasteiger partial charge on any atom is -0.394 e. The lowest BCUT2D eigenvalue weighted by Crippen LogP contribution is -2.45. The molecule has 3 N–H and O–H groups in total. The average molecular weight is 915 g/mol. The molecule has 0 aromatic rings. The molecule has 4 nitrogen and oxygen atoms in total. The van der Waals surface area contributed by atoms with E-state index in [0.29, 0.717) is 6.42 Å². The Morgan fingerprint density at radius 3 is 1.06 bits per heavy atom. The summed E-state index contributed by atoms with van der Waals surface area (Å²) >= 11 is 0. The Labute approximate surface area is 410 Å². The predicted molar refractivity (Wildman–Crippen MR) is 294 cm³/mol. The van der Waals surface area contributed by atoms with Crippen LogP contribution in [0, 0.1) is 0 Å². The lowest BCUT2D eigenvalue weighted by molar-refractivity contribution is -0.123. The van der Waals surface area contributed by atoms with E-state index in [4.69, 9.17) is 0 Å². The summed E-state index contributed by atoms with van der Waals surface area (Å²) in [7, 11) is 0. The van der Waals surface area contributed by atoms with E-state index in [0.717, 1.165) is 96.3 Å². The monoisotopic (exact) mass is 914 g/mol. The van der Waals surface area contributed by atoms with Crippen LogP contribution in [-0.4, -0.2) is 34.9 Å². The molecule has 2 atom stereocenters. The minimum atomic E-state index is -0.891. The number of carbonyl (C=O) groups excluding carboxylic acids is 1. The normalized spacial score (nSPS) is 13.7. The molecule has 2 unspecified atom stereocenters. The Balaban J connectivity index is 3.64. The smallest absolute Gasteiger partial charge is 0.220 e. The minimum absolute atomic E-state index is 0.105. The maximum atomic E-state index is 12.4. The molecule has 378 valence electrons. The highest BCUT2D eigenvalue weighted by atomic mass is 16.3. The summed E-state index contributed by atoms with van der Waals surface area (Å²) in [6.07, 6.45) is 85.4. The Bertz CT molecular complexity index is 1270. The SMILES string of the molecule is CC/C=C\C/C=C\C/C=C\C/C=C\C/C=C\C/C=C\CCCCCCC(=O)NC(CO)C(O)/C=C/CC/C=C/CC/C=C/CCCCCCCCCCCCCCCCCCCCCCC. The molecule has 0 saturated heterocycles. The van der Waals surface area contributed by atoms with Crippen LogP contribution in [0.5, 0.6) is 0 Å². The van der Waals surface area contributed by atoms with Gasteiger partial charge in [-0.2, -0.15) is 0 Å². The van der Waals surface area contributed by atoms with Crippen LogP contribution in [0.15, 0.2) is 109 Å². The molecule has 0 aliphatic rings. The molecule has 0 radical (unpaired) electrons. The Morgan fingerprint density at radius 2 is 0.682 bits per heavy atom. The zero-order valence-electron chi connectivity index (χ0n) is 43.4. The lowest BCUT2D eigenvalue weighted by Gasteiger charge is -2.19. The highest BCUT2D eigenvalue weighted by Gasteiger charge is 2.17. The third-order valence-corrected chi connectivity index (χ3v) is 12.2. The van der Waals surface area contributed by atoms with E-state index in [9.17, 15) is 15.0 Å². The van der Waals surface area contributed by atoms with Gasteiger partial charge in [0, 0.05) is 6.42 Å². The van der Waals surface area contributed by atoms with E-state index in [1.165, 1.54) is 141 Å². The first-order valence-corrected chi connectivity index (χ1v) is 28.1. The number of allylic oxidation sites excluding steroid dienone is 17. The van der Waals surface area contributed by atoms with Gasteiger partial charge in [-0.1, -0.05) is 264 Å². The molecule has 0 saturated carbocycles. The van der Waals surface area contributed by atoms with Gasteiger partial charge >= 0.3 is 0 Å². The Morgan fingerprint density at radius 1 is 0.379 bits per heavy atom. The second-order valence-corrected chi connectivity index (χ2v) is 18.6. The molecule has 0 aliphatic heterocycles. The van der Waals surface area contributed by atoms with Crippen LogP contribution >= 0.6 is 0 Å². The van der Waals surface area contributed by atoms with Crippen LogP contribution in [-0.2, 0) is 4.79 Å². The number of carbonyl (C=O) groups is 1. The van der Waals surface area contributed by atoms with Crippen LogP contribution < -0.4 is 5.32 Å². The molecule has 0 rings (SSSR count). The predicted octanol–water partition coefficient (Wildman–Crippen LogP) is 18.7. The van der Waals surface area contributed by atoms with Gasteiger partial charge in [-0.25, -0.2) is 0 Å². The number of aliphatic hydroxyl groups excluding tert-OH is 2. The van der Waals surface area contributed by atoms with Crippen LogP contribution in [0.4, 0.5) is 0 Å². The summed E-state index contributed by atoms with van der Waals surface area (Å²) in [6, 6.07) is -0.669. The zero-order valence-corrected chi connectivity index (χ0v) is 43.4. The Hall–Kier alpha value is -2.95. The largest absolute Gasteiger partial charge is 0.394 e. The summed E-state index contributed by atoms with van der Waals surface area (Å²) in [6.45, 7) is 4.18. The maximum Gasteiger partial charge on any atom is 0.220 e. The van der Waals surface area contributed by atoms with Gasteiger partial charge in [0.25, 0.3) is 0 Å². The van der Waals surface area contributed by atoms with E-state index >= 15 is 0 Å². The van der Waals surface area contributed by atoms with E-state index in [2.05, 4.69) is 116 Å². The first kappa shape index (κ1) is 63.1. The molecule has 0 aromatic carbocycles. The molecular formula is C62H107NO3. The van der Waals surface area contributed by atoms with Gasteiger partial charge < -0.3 is 15.5 Å². The molecule has 1 amide bonds. The number of aliphatic hydroxyl groups is 2. The number of unbranched alkanes of at least 4 members (excludes halogenated alkanes) is 27. The van der Waals surface area contributed by atoms with Gasteiger partial charge in [0.2, 0.25) is 5.91 Å². The lowest BCUT2D eigenvalue weighted by atomic mass is 10.0. The molecule has 0 spiro atoms. The second kappa shape index (κ2) is 56.4. The fourth-order valence-corrected chi connectivity index (χ4v) is 7.98. The van der Waals surface area contributed by atoms with E-state index in [1.807, 2.05) is 6.08 Å². The average Bonchev–Trinajstić information content (AvgIpc) is 3.32. The van der Waals surface area contributed by atoms with Gasteiger partial charge in [0.1, 0.15) is 0 Å². The van der Waals surface area contributed by atoms with Crippen LogP contribution in [0.1, 0.15) is 258 Å². The Kier molecular flexibility index (Phi) is 53.9. The molecule has 0 heterocycles. The third kappa shape index (κ3) is 52.0. The highest BCUT2D eigenvalue weighted by Crippen LogP contribution is 2.16. The zero-order chi connectivity index (χ0) is 47.7. The van der Waals surface area contributed by atoms with Crippen molar-refractivity contribution in [3.8, 4) is 0 Å². The molecule has 4 heteroatoms. The summed E-state index contributed by atoms with van der Waals surface area (Å²) in [4.78, 5) is 12.4. The van der Waals surface area contributed by atoms with Crippen LogP contribution in [0.25, 0.3) is 0 Å². The number of amides is 1. The van der Waals surface area contributed by atoms with Crippen molar-refractivity contribution < 1.29 is 15.0 Å². The molecule has 0 aliphatic carbocycles. The summed E-state index contributed by atoms with van der Waals surface area (Å²) < 4.78 is 0. The fourth-order valence-electron chi connectivity index (χ4n) is 7.98. The van der Waals surface area contributed by atoms with E-state index < -0.39 is 12.1 Å². The van der Waals surface area contributed by atoms with Gasteiger partial charge in [0.05, 0.1) is 18.8 Å². The summed E-state index contributed by atoms with van der Waals surface area (Å²) in [5.74, 6) is -0.105. The first-order valence-electron chi connectivity index (χ1n) is 28.1. The van der Waals surface area contributed by atoms with Gasteiger partial charge in [-0.15, -0.1) is 0 Å². The van der Waals surface area contributed by atoms with Gasteiger partial charge in [-0.05, 0) is 96.3 Å². The van der Waals surface area contributed by atoms with Crippen molar-refractivity contribution in [3.63, 3.8) is 0 Å². The first-order chi connectivity index (χ1) is 32.7. The van der Waals surface area contributed by atoms with Gasteiger partial charge in [-0.3, -0.25) is 4.79 Å². The maximum absolute atomic E-state index is 12.4. The molecule has 0 bridgehead atoms. The summed E-state index contributed by atoms with van der Waals surface area (Å²) in [5, 5.41) is 23.1. The molecule has 66 heavy (non-hydrogen) atoms. The van der Waals surface area contributed by atoms with Gasteiger partial charge in [0.15, 0.2) is 0 Å². The van der Waals surface area contributed by atoms with E-state index in [1.54, 1.807) is 6.08 Å². The second-order valence-electron chi connectivity index (χ2n) is 18.6. The van der Waals surface area contributed by atoms with E-state index in [-0.39, 0.29) is 12.5 Å². The third-order valence-electron chi connectivity index (χ3n) is 12.2. The van der Waals surface area contributed by atoms with Crippen LogP contribution in [0.2, 0.25) is 0 Å². The van der Waals surface area contributed by atoms with Crippen molar-refractivity contribution in [3.05, 3.63) is 109 Å². The molecular weight excluding hydrogens is 807 g/mol. The quantitative estimate of drug-likeness (QED) is 0.0421. The standard InChI is InChI=1S/C62H107NO3/c1-3-5-7-9-11-13-15-17-19-21-23-25-27-28-29-30-31-32-33-34-36-37-39-41-43-45-47-49-51-53-55-57-61(65)60(59-64)63-62(66)58-56-54-52-50-48-46-44-42-40-38-35-26-24-22-20-18-16-14-12-10-8-6-4-2/h6,8,12,14,18,20,24,26,38-41,44,46-47,49,55,57,60-61,64-65H,3-5,7,9-11,13,15-17,19,21-23,25,27-37,42-43,45,48,50-54,56,58-59H2,1-2H3,(H,63,66)/b8-6-,14-12-,20-18-,26-24-,40-38-,41-39+,46-44-,49-47+,57-55+. The van der Waals surface area contributed by atoms with Crippen molar-refractivity contribution in [2.24, 2.45) is 0 Å². The molecule has 0 fully saturated rings. The fraction of sp³-hybridized carbons (Fsp3) is 0.694. The van der Waals surface area contributed by atoms with Crippen molar-refractivity contribution in [2.75, 3.05) is 6.61 Å². The number of rotatable bonds is 50.